The van der Waals surface area contributed by atoms with E-state index in [1.807, 2.05) is 6.07 Å². The van der Waals surface area contributed by atoms with E-state index in [0.29, 0.717) is 11.8 Å². The minimum absolute atomic E-state index is 0. The molecule has 1 N–H and O–H groups in total. The zero-order chi connectivity index (χ0) is 17.6. The van der Waals surface area contributed by atoms with Crippen molar-refractivity contribution in [1.29, 1.82) is 0 Å². The number of halogens is 2. The normalized spacial score (nSPS) is 17.1. The van der Waals surface area contributed by atoms with Gasteiger partial charge in [0.05, 0.1) is 7.11 Å². The van der Waals surface area contributed by atoms with Crippen LogP contribution in [0, 0.1) is 5.82 Å². The molecule has 0 aromatic heterocycles. The topological polar surface area (TPSA) is 21.3 Å². The van der Waals surface area contributed by atoms with Gasteiger partial charge in [-0.15, -0.1) is 12.4 Å². The number of hydrogen-bond acceptors (Lipinski definition) is 2. The van der Waals surface area contributed by atoms with E-state index in [0.717, 1.165) is 37.2 Å². The maximum Gasteiger partial charge on any atom is 0.123 e. The Labute approximate surface area is 162 Å². The number of likely N-dealkylation sites (N-methyl/N-ethyl adjacent to an activating group) is 1. The van der Waals surface area contributed by atoms with Crippen molar-refractivity contribution in [3.63, 3.8) is 0 Å². The van der Waals surface area contributed by atoms with Gasteiger partial charge in [0.15, 0.2) is 0 Å². The molecule has 2 aromatic rings. The van der Waals surface area contributed by atoms with Crippen LogP contribution in [0.25, 0.3) is 0 Å². The van der Waals surface area contributed by atoms with Crippen LogP contribution in [0.4, 0.5) is 4.39 Å². The third-order valence-corrected chi connectivity index (χ3v) is 5.34. The van der Waals surface area contributed by atoms with Gasteiger partial charge in [-0.25, -0.2) is 4.39 Å². The van der Waals surface area contributed by atoms with Crippen molar-refractivity contribution in [3.05, 3.63) is 65.0 Å². The number of fused-ring (bicyclic) bond motifs is 1. The van der Waals surface area contributed by atoms with E-state index in [-0.39, 0.29) is 18.2 Å². The first kappa shape index (κ1) is 20.7. The molecule has 2 unspecified atom stereocenters. The van der Waals surface area contributed by atoms with E-state index in [9.17, 15) is 4.39 Å². The number of benzene rings is 2. The molecule has 2 aromatic carbocycles. The second-order valence-corrected chi connectivity index (χ2v) is 6.91. The van der Waals surface area contributed by atoms with Crippen LogP contribution in [0.5, 0.6) is 5.75 Å². The molecule has 0 spiro atoms. The third kappa shape index (κ3) is 4.77. The Kier molecular flexibility index (Phi) is 7.92. The molecule has 0 aliphatic heterocycles. The number of ether oxygens (including phenoxy) is 1. The molecule has 1 aliphatic carbocycles. The SMILES string of the molecule is CCNCC(CC1CCCc2c(OC)cccc21)c1cccc(F)c1.Cl. The summed E-state index contributed by atoms with van der Waals surface area (Å²) in [5.74, 6) is 1.68. The number of hydrogen-bond donors (Lipinski definition) is 1. The molecule has 4 heteroatoms. The monoisotopic (exact) mass is 377 g/mol. The van der Waals surface area contributed by atoms with E-state index >= 15 is 0 Å². The van der Waals surface area contributed by atoms with Gasteiger partial charge in [0.2, 0.25) is 0 Å². The van der Waals surface area contributed by atoms with Crippen LogP contribution >= 0.6 is 12.4 Å². The van der Waals surface area contributed by atoms with E-state index < -0.39 is 0 Å². The molecule has 142 valence electrons. The Morgan fingerprint density at radius 3 is 2.77 bits per heavy atom. The first-order valence-corrected chi connectivity index (χ1v) is 9.34. The molecule has 0 amide bonds. The average Bonchev–Trinajstić information content (AvgIpc) is 2.64. The molecule has 3 rings (SSSR count). The summed E-state index contributed by atoms with van der Waals surface area (Å²) in [6.07, 6.45) is 4.51. The Balaban J connectivity index is 0.00000243. The van der Waals surface area contributed by atoms with Crippen molar-refractivity contribution >= 4 is 12.4 Å². The molecule has 0 heterocycles. The summed E-state index contributed by atoms with van der Waals surface area (Å²) in [6, 6.07) is 13.5. The van der Waals surface area contributed by atoms with Crippen LogP contribution in [-0.4, -0.2) is 20.2 Å². The first-order chi connectivity index (χ1) is 12.2. The van der Waals surface area contributed by atoms with Crippen molar-refractivity contribution < 1.29 is 9.13 Å². The molecule has 0 saturated heterocycles. The van der Waals surface area contributed by atoms with Crippen LogP contribution in [0.2, 0.25) is 0 Å². The predicted molar refractivity (Wildman–Crippen MR) is 108 cm³/mol. The summed E-state index contributed by atoms with van der Waals surface area (Å²) in [5.41, 5.74) is 3.88. The zero-order valence-electron chi connectivity index (χ0n) is 15.6. The summed E-state index contributed by atoms with van der Waals surface area (Å²) >= 11 is 0. The fraction of sp³-hybridized carbons (Fsp3) is 0.455. The van der Waals surface area contributed by atoms with Crippen LogP contribution in [0.3, 0.4) is 0 Å². The van der Waals surface area contributed by atoms with Gasteiger partial charge in [0, 0.05) is 6.54 Å². The summed E-state index contributed by atoms with van der Waals surface area (Å²) in [5, 5.41) is 3.46. The second kappa shape index (κ2) is 9.94. The van der Waals surface area contributed by atoms with Gasteiger partial charge < -0.3 is 10.1 Å². The van der Waals surface area contributed by atoms with Crippen LogP contribution < -0.4 is 10.1 Å². The predicted octanol–water partition coefficient (Wildman–Crippen LogP) is 5.46. The van der Waals surface area contributed by atoms with Crippen molar-refractivity contribution in [1.82, 2.24) is 5.32 Å². The minimum Gasteiger partial charge on any atom is -0.496 e. The first-order valence-electron chi connectivity index (χ1n) is 9.34. The highest BCUT2D eigenvalue weighted by molar-refractivity contribution is 5.85. The van der Waals surface area contributed by atoms with Gasteiger partial charge in [-0.2, -0.15) is 0 Å². The summed E-state index contributed by atoms with van der Waals surface area (Å²) in [7, 11) is 1.75. The number of rotatable bonds is 7. The Bertz CT molecular complexity index is 706. The Morgan fingerprint density at radius 1 is 1.23 bits per heavy atom. The van der Waals surface area contributed by atoms with Gasteiger partial charge in [-0.1, -0.05) is 31.2 Å². The lowest BCUT2D eigenvalue weighted by Gasteiger charge is -2.30. The van der Waals surface area contributed by atoms with E-state index in [1.54, 1.807) is 13.2 Å². The molecule has 2 atom stereocenters. The van der Waals surface area contributed by atoms with Gasteiger partial charge in [-0.05, 0) is 79.0 Å². The standard InChI is InChI=1S/C22H28FNO.ClH/c1-3-24-15-18(16-7-4-9-19(23)14-16)13-17-8-5-11-21-20(17)10-6-12-22(21)25-2;/h4,6-7,9-10,12,14,17-18,24H,3,5,8,11,13,15H2,1-2H3;1H. The molecule has 0 radical (unpaired) electrons. The van der Waals surface area contributed by atoms with Crippen LogP contribution in [0.1, 0.15) is 54.7 Å². The lowest BCUT2D eigenvalue weighted by molar-refractivity contribution is 0.397. The van der Waals surface area contributed by atoms with Crippen molar-refractivity contribution in [3.8, 4) is 5.75 Å². The highest BCUT2D eigenvalue weighted by atomic mass is 35.5. The fourth-order valence-electron chi connectivity index (χ4n) is 4.11. The largest absolute Gasteiger partial charge is 0.496 e. The molecule has 0 saturated carbocycles. The molecular formula is C22H29ClFNO. The lowest BCUT2D eigenvalue weighted by Crippen LogP contribution is -2.24. The van der Waals surface area contributed by atoms with Crippen molar-refractivity contribution in [2.75, 3.05) is 20.2 Å². The number of nitrogens with one attached hydrogen (secondary N) is 1. The van der Waals surface area contributed by atoms with Crippen LogP contribution in [0.15, 0.2) is 42.5 Å². The summed E-state index contributed by atoms with van der Waals surface area (Å²) < 4.78 is 19.3. The molecule has 2 nitrogen and oxygen atoms in total. The van der Waals surface area contributed by atoms with Crippen molar-refractivity contribution in [2.45, 2.75) is 44.4 Å². The van der Waals surface area contributed by atoms with Gasteiger partial charge in [-0.3, -0.25) is 0 Å². The van der Waals surface area contributed by atoms with Gasteiger partial charge >= 0.3 is 0 Å². The molecular weight excluding hydrogens is 349 g/mol. The maximum absolute atomic E-state index is 13.7. The summed E-state index contributed by atoms with van der Waals surface area (Å²) in [6.45, 7) is 3.93. The fourth-order valence-corrected chi connectivity index (χ4v) is 4.11. The van der Waals surface area contributed by atoms with Gasteiger partial charge in [0.1, 0.15) is 11.6 Å². The Hall–Kier alpha value is -1.58. The highest BCUT2D eigenvalue weighted by Crippen LogP contribution is 2.41. The Morgan fingerprint density at radius 2 is 2.04 bits per heavy atom. The minimum atomic E-state index is -0.148. The lowest BCUT2D eigenvalue weighted by atomic mass is 9.76. The average molecular weight is 378 g/mol. The van der Waals surface area contributed by atoms with Gasteiger partial charge in [0.25, 0.3) is 0 Å². The summed E-state index contributed by atoms with van der Waals surface area (Å²) in [4.78, 5) is 0. The zero-order valence-corrected chi connectivity index (χ0v) is 16.4. The van der Waals surface area contributed by atoms with Crippen LogP contribution in [-0.2, 0) is 6.42 Å². The van der Waals surface area contributed by atoms with E-state index in [2.05, 4.69) is 36.5 Å². The van der Waals surface area contributed by atoms with Crippen molar-refractivity contribution in [2.24, 2.45) is 0 Å². The molecule has 1 aliphatic rings. The highest BCUT2D eigenvalue weighted by Gasteiger charge is 2.26. The molecule has 0 bridgehead atoms. The second-order valence-electron chi connectivity index (χ2n) is 6.91. The quantitative estimate of drug-likeness (QED) is 0.691. The molecule has 26 heavy (non-hydrogen) atoms. The maximum atomic E-state index is 13.7. The molecule has 0 fully saturated rings. The van der Waals surface area contributed by atoms with E-state index in [4.69, 9.17) is 4.74 Å². The third-order valence-electron chi connectivity index (χ3n) is 5.34. The smallest absolute Gasteiger partial charge is 0.123 e. The van der Waals surface area contributed by atoms with E-state index in [1.165, 1.54) is 30.0 Å². The number of methoxy groups -OCH3 is 1.